The third kappa shape index (κ3) is 3.23. The second kappa shape index (κ2) is 6.53. The number of rotatable bonds is 5. The number of hydrogen-bond donors (Lipinski definition) is 1. The van der Waals surface area contributed by atoms with Gasteiger partial charge in [-0.15, -0.1) is 0 Å². The molecule has 0 fully saturated rings. The Labute approximate surface area is 114 Å². The number of aromatic nitrogens is 2. The van der Waals surface area contributed by atoms with E-state index < -0.39 is 0 Å². The monoisotopic (exact) mass is 265 g/mol. The van der Waals surface area contributed by atoms with Gasteiger partial charge in [0.15, 0.2) is 0 Å². The number of nitrogens with zero attached hydrogens (tertiary/aromatic N) is 2. The minimum atomic E-state index is 0.625. The molecule has 2 rings (SSSR count). The highest BCUT2D eigenvalue weighted by Gasteiger charge is 2.21. The quantitative estimate of drug-likeness (QED) is 0.831. The lowest BCUT2D eigenvalue weighted by Gasteiger charge is -2.24. The normalized spacial score (nSPS) is 18.7. The zero-order valence-electron chi connectivity index (χ0n) is 11.4. The number of fused-ring (bicyclic) bond motifs is 1. The average Bonchev–Trinajstić information content (AvgIpc) is 2.39. The number of nitrogens with two attached hydrogens (primary N) is 1. The van der Waals surface area contributed by atoms with Crippen molar-refractivity contribution in [1.82, 2.24) is 9.97 Å². The van der Waals surface area contributed by atoms with Crippen LogP contribution in [0.1, 0.15) is 42.5 Å². The summed E-state index contributed by atoms with van der Waals surface area (Å²) >= 11 is 1.93. The van der Waals surface area contributed by atoms with Crippen LogP contribution < -0.4 is 5.73 Å². The van der Waals surface area contributed by atoms with Gasteiger partial charge in [0.05, 0.1) is 5.75 Å². The van der Waals surface area contributed by atoms with Gasteiger partial charge < -0.3 is 5.73 Å². The first-order valence-corrected chi connectivity index (χ1v) is 8.03. The molecule has 0 saturated heterocycles. The van der Waals surface area contributed by atoms with E-state index in [4.69, 9.17) is 10.7 Å². The fourth-order valence-corrected chi connectivity index (χ4v) is 3.24. The molecule has 0 aromatic carbocycles. The van der Waals surface area contributed by atoms with Crippen molar-refractivity contribution in [3.63, 3.8) is 0 Å². The molecule has 2 N–H and O–H groups in total. The molecule has 1 aromatic rings. The molecule has 100 valence electrons. The van der Waals surface area contributed by atoms with E-state index in [9.17, 15) is 0 Å². The van der Waals surface area contributed by atoms with Gasteiger partial charge in [0.1, 0.15) is 5.82 Å². The maximum absolute atomic E-state index is 5.78. The Balaban J connectivity index is 2.11. The third-order valence-electron chi connectivity index (χ3n) is 3.54. The van der Waals surface area contributed by atoms with E-state index in [0.29, 0.717) is 5.92 Å². The average molecular weight is 265 g/mol. The minimum absolute atomic E-state index is 0.625. The lowest BCUT2D eigenvalue weighted by Crippen LogP contribution is -2.24. The fraction of sp³-hybridized carbons (Fsp3) is 0.714. The molecule has 1 unspecified atom stereocenters. The van der Waals surface area contributed by atoms with Crippen molar-refractivity contribution in [3.8, 4) is 0 Å². The Morgan fingerprint density at radius 2 is 2.22 bits per heavy atom. The summed E-state index contributed by atoms with van der Waals surface area (Å²) in [7, 11) is 0. The smallest absolute Gasteiger partial charge is 0.138 e. The maximum Gasteiger partial charge on any atom is 0.138 e. The summed E-state index contributed by atoms with van der Waals surface area (Å²) in [5.41, 5.74) is 9.59. The zero-order chi connectivity index (χ0) is 13.0. The summed E-state index contributed by atoms with van der Waals surface area (Å²) in [6.07, 6.45) is 4.54. The van der Waals surface area contributed by atoms with Crippen LogP contribution in [0.3, 0.4) is 0 Å². The van der Waals surface area contributed by atoms with Crippen LogP contribution in [0, 0.1) is 12.8 Å². The van der Waals surface area contributed by atoms with Crippen LogP contribution in [0.15, 0.2) is 0 Å². The molecule has 0 saturated carbocycles. The van der Waals surface area contributed by atoms with E-state index in [-0.39, 0.29) is 0 Å². The summed E-state index contributed by atoms with van der Waals surface area (Å²) in [5.74, 6) is 3.77. The molecule has 1 aliphatic carbocycles. The van der Waals surface area contributed by atoms with Gasteiger partial charge in [-0.25, -0.2) is 9.97 Å². The molecule has 1 atom stereocenters. The summed E-state index contributed by atoms with van der Waals surface area (Å²) < 4.78 is 0. The van der Waals surface area contributed by atoms with Crippen LogP contribution in [0.2, 0.25) is 0 Å². The molecule has 0 spiro atoms. The van der Waals surface area contributed by atoms with E-state index in [2.05, 4.69) is 18.8 Å². The third-order valence-corrected chi connectivity index (χ3v) is 4.70. The van der Waals surface area contributed by atoms with Gasteiger partial charge in [0.25, 0.3) is 0 Å². The first-order valence-electron chi connectivity index (χ1n) is 6.87. The summed E-state index contributed by atoms with van der Waals surface area (Å²) in [6, 6.07) is 0. The fourth-order valence-electron chi connectivity index (χ4n) is 2.50. The van der Waals surface area contributed by atoms with Gasteiger partial charge in [-0.05, 0) is 56.4 Å². The van der Waals surface area contributed by atoms with E-state index in [1.165, 1.54) is 35.5 Å². The van der Waals surface area contributed by atoms with E-state index in [0.717, 1.165) is 31.0 Å². The highest BCUT2D eigenvalue weighted by atomic mass is 32.2. The number of thioether (sulfide) groups is 1. The molecule has 3 nitrogen and oxygen atoms in total. The van der Waals surface area contributed by atoms with Gasteiger partial charge in [0, 0.05) is 11.4 Å². The van der Waals surface area contributed by atoms with E-state index in [1.807, 2.05) is 11.8 Å². The highest BCUT2D eigenvalue weighted by molar-refractivity contribution is 7.98. The first kappa shape index (κ1) is 13.8. The van der Waals surface area contributed by atoms with Crippen molar-refractivity contribution in [1.29, 1.82) is 0 Å². The zero-order valence-corrected chi connectivity index (χ0v) is 12.2. The molecule has 1 aromatic heterocycles. The summed E-state index contributed by atoms with van der Waals surface area (Å²) in [4.78, 5) is 9.40. The van der Waals surface area contributed by atoms with Crippen molar-refractivity contribution >= 4 is 11.8 Å². The lowest BCUT2D eigenvalue weighted by atomic mass is 9.86. The highest BCUT2D eigenvalue weighted by Crippen LogP contribution is 2.26. The van der Waals surface area contributed by atoms with Crippen LogP contribution in [0.5, 0.6) is 0 Å². The van der Waals surface area contributed by atoms with Crippen molar-refractivity contribution in [2.45, 2.75) is 45.3 Å². The van der Waals surface area contributed by atoms with Crippen LogP contribution in [0.4, 0.5) is 0 Å². The summed E-state index contributed by atoms with van der Waals surface area (Å²) in [6.45, 7) is 5.11. The lowest BCUT2D eigenvalue weighted by molar-refractivity contribution is 0.458. The topological polar surface area (TPSA) is 51.8 Å². The van der Waals surface area contributed by atoms with Gasteiger partial charge in [0.2, 0.25) is 0 Å². The molecular weight excluding hydrogens is 242 g/mol. The Morgan fingerprint density at radius 1 is 1.39 bits per heavy atom. The molecular formula is C14H23N3S. The van der Waals surface area contributed by atoms with Crippen LogP contribution in [-0.2, 0) is 18.6 Å². The molecule has 1 aliphatic rings. The van der Waals surface area contributed by atoms with Gasteiger partial charge >= 0.3 is 0 Å². The Morgan fingerprint density at radius 3 is 2.94 bits per heavy atom. The second-order valence-corrected chi connectivity index (χ2v) is 6.15. The van der Waals surface area contributed by atoms with Crippen LogP contribution in [0.25, 0.3) is 0 Å². The van der Waals surface area contributed by atoms with Crippen molar-refractivity contribution in [2.75, 3.05) is 12.3 Å². The standard InChI is InChI=1S/C14H23N3S/c1-3-6-18-9-14-16-10(2)12-7-11(8-15)4-5-13(12)17-14/h11H,3-9,15H2,1-2H3. The first-order chi connectivity index (χ1) is 8.74. The van der Waals surface area contributed by atoms with Gasteiger partial charge in [-0.3, -0.25) is 0 Å². The van der Waals surface area contributed by atoms with E-state index >= 15 is 0 Å². The molecule has 18 heavy (non-hydrogen) atoms. The van der Waals surface area contributed by atoms with Gasteiger partial charge in [-0.2, -0.15) is 11.8 Å². The number of aryl methyl sites for hydroxylation is 2. The van der Waals surface area contributed by atoms with Crippen LogP contribution >= 0.6 is 11.8 Å². The van der Waals surface area contributed by atoms with Crippen molar-refractivity contribution in [2.24, 2.45) is 11.7 Å². The Kier molecular flexibility index (Phi) is 5.01. The molecule has 0 amide bonds. The summed E-state index contributed by atoms with van der Waals surface area (Å²) in [5, 5.41) is 0. The predicted octanol–water partition coefficient (Wildman–Crippen LogP) is 2.49. The van der Waals surface area contributed by atoms with Crippen LogP contribution in [-0.4, -0.2) is 22.3 Å². The van der Waals surface area contributed by atoms with Gasteiger partial charge in [-0.1, -0.05) is 6.92 Å². The SMILES string of the molecule is CCCSCc1nc(C)c2c(n1)CCC(CN)C2. The Hall–Kier alpha value is -0.610. The number of hydrogen-bond acceptors (Lipinski definition) is 4. The second-order valence-electron chi connectivity index (χ2n) is 5.05. The molecule has 0 radical (unpaired) electrons. The molecule has 0 aliphatic heterocycles. The molecule has 1 heterocycles. The van der Waals surface area contributed by atoms with Crippen molar-refractivity contribution in [3.05, 3.63) is 22.8 Å². The van der Waals surface area contributed by atoms with E-state index in [1.54, 1.807) is 0 Å². The molecule has 4 heteroatoms. The maximum atomic E-state index is 5.78. The minimum Gasteiger partial charge on any atom is -0.330 e. The largest absolute Gasteiger partial charge is 0.330 e. The Bertz CT molecular complexity index is 406. The molecule has 0 bridgehead atoms. The van der Waals surface area contributed by atoms with Crippen molar-refractivity contribution < 1.29 is 0 Å². The predicted molar refractivity (Wildman–Crippen MR) is 77.8 cm³/mol.